The molecule has 2 aromatic rings. The lowest BCUT2D eigenvalue weighted by atomic mass is 9.97. The Hall–Kier alpha value is -1.78. The lowest BCUT2D eigenvalue weighted by Crippen LogP contribution is -2.38. The van der Waals surface area contributed by atoms with Crippen LogP contribution in [-0.2, 0) is 12.8 Å². The predicted molar refractivity (Wildman–Crippen MR) is 80.8 cm³/mol. The van der Waals surface area contributed by atoms with Crippen molar-refractivity contribution in [1.82, 2.24) is 5.43 Å². The van der Waals surface area contributed by atoms with Crippen LogP contribution in [0.2, 0.25) is 0 Å². The number of hydrogen-bond acceptors (Lipinski definition) is 2. The molecule has 1 unspecified atom stereocenters. The smallest absolute Gasteiger partial charge is 0.159 e. The van der Waals surface area contributed by atoms with Gasteiger partial charge >= 0.3 is 0 Å². The van der Waals surface area contributed by atoms with Crippen LogP contribution in [0, 0.1) is 25.5 Å². The van der Waals surface area contributed by atoms with Crippen LogP contribution in [-0.4, -0.2) is 6.04 Å². The molecule has 2 rings (SSSR count). The molecule has 0 fully saturated rings. The zero-order chi connectivity index (χ0) is 15.4. The molecule has 0 spiro atoms. The van der Waals surface area contributed by atoms with E-state index in [-0.39, 0.29) is 6.04 Å². The van der Waals surface area contributed by atoms with Gasteiger partial charge in [-0.05, 0) is 61.1 Å². The maximum atomic E-state index is 13.2. The highest BCUT2D eigenvalue weighted by Crippen LogP contribution is 2.15. The molecule has 3 N–H and O–H groups in total. The van der Waals surface area contributed by atoms with Crippen molar-refractivity contribution in [3.63, 3.8) is 0 Å². The van der Waals surface area contributed by atoms with E-state index in [2.05, 4.69) is 37.5 Å². The van der Waals surface area contributed by atoms with E-state index in [0.29, 0.717) is 6.42 Å². The van der Waals surface area contributed by atoms with Gasteiger partial charge in [-0.3, -0.25) is 11.3 Å². The van der Waals surface area contributed by atoms with Gasteiger partial charge in [0, 0.05) is 6.04 Å². The van der Waals surface area contributed by atoms with E-state index >= 15 is 0 Å². The molecule has 0 aromatic heterocycles. The first kappa shape index (κ1) is 15.6. The van der Waals surface area contributed by atoms with Gasteiger partial charge in [0.05, 0.1) is 0 Å². The zero-order valence-corrected chi connectivity index (χ0v) is 12.3. The van der Waals surface area contributed by atoms with Crippen molar-refractivity contribution in [2.45, 2.75) is 32.7 Å². The molecule has 0 bridgehead atoms. The average Bonchev–Trinajstić information content (AvgIpc) is 2.46. The molecule has 4 heteroatoms. The number of benzene rings is 2. The second-order valence-corrected chi connectivity index (χ2v) is 5.44. The second-order valence-electron chi connectivity index (χ2n) is 5.44. The quantitative estimate of drug-likeness (QED) is 0.655. The number of hydrogen-bond donors (Lipinski definition) is 2. The SMILES string of the molecule is Cc1ccc(CC(Cc2ccc(F)c(F)c2)NN)cc1C. The van der Waals surface area contributed by atoms with Gasteiger partial charge in [-0.15, -0.1) is 0 Å². The molecule has 0 aliphatic rings. The minimum atomic E-state index is -0.829. The van der Waals surface area contributed by atoms with Gasteiger partial charge in [-0.1, -0.05) is 24.3 Å². The van der Waals surface area contributed by atoms with Gasteiger partial charge < -0.3 is 0 Å². The monoisotopic (exact) mass is 290 g/mol. The Balaban J connectivity index is 2.08. The van der Waals surface area contributed by atoms with Crippen molar-refractivity contribution >= 4 is 0 Å². The van der Waals surface area contributed by atoms with E-state index in [0.717, 1.165) is 18.1 Å². The first-order chi connectivity index (χ1) is 9.99. The third-order valence-electron chi connectivity index (χ3n) is 3.76. The van der Waals surface area contributed by atoms with Crippen molar-refractivity contribution in [2.24, 2.45) is 5.84 Å². The summed E-state index contributed by atoms with van der Waals surface area (Å²) in [6.45, 7) is 4.14. The fourth-order valence-corrected chi connectivity index (χ4v) is 2.36. The Kier molecular flexibility index (Phi) is 5.04. The van der Waals surface area contributed by atoms with E-state index < -0.39 is 11.6 Å². The van der Waals surface area contributed by atoms with Crippen LogP contribution in [0.4, 0.5) is 8.78 Å². The minimum Gasteiger partial charge on any atom is -0.271 e. The number of rotatable bonds is 5. The van der Waals surface area contributed by atoms with Gasteiger partial charge in [0.2, 0.25) is 0 Å². The number of hydrazine groups is 1. The zero-order valence-electron chi connectivity index (χ0n) is 12.3. The molecule has 2 aromatic carbocycles. The third-order valence-corrected chi connectivity index (χ3v) is 3.76. The summed E-state index contributed by atoms with van der Waals surface area (Å²) in [6, 6.07) is 10.2. The Morgan fingerprint density at radius 1 is 0.905 bits per heavy atom. The summed E-state index contributed by atoms with van der Waals surface area (Å²) >= 11 is 0. The van der Waals surface area contributed by atoms with Crippen molar-refractivity contribution in [3.05, 3.63) is 70.3 Å². The van der Waals surface area contributed by atoms with Gasteiger partial charge in [-0.25, -0.2) is 8.78 Å². The van der Waals surface area contributed by atoms with Gasteiger partial charge in [0.1, 0.15) is 0 Å². The van der Waals surface area contributed by atoms with Gasteiger partial charge in [0.15, 0.2) is 11.6 Å². The predicted octanol–water partition coefficient (Wildman–Crippen LogP) is 3.20. The molecular weight excluding hydrogens is 270 g/mol. The molecule has 0 amide bonds. The number of halogens is 2. The lowest BCUT2D eigenvalue weighted by molar-refractivity contribution is 0.498. The van der Waals surface area contributed by atoms with Crippen LogP contribution < -0.4 is 11.3 Å². The van der Waals surface area contributed by atoms with Crippen LogP contribution in [0.5, 0.6) is 0 Å². The topological polar surface area (TPSA) is 38.0 Å². The van der Waals surface area contributed by atoms with E-state index in [1.807, 2.05) is 0 Å². The Labute approximate surface area is 124 Å². The van der Waals surface area contributed by atoms with E-state index in [9.17, 15) is 8.78 Å². The van der Waals surface area contributed by atoms with Gasteiger partial charge in [0.25, 0.3) is 0 Å². The van der Waals surface area contributed by atoms with E-state index in [1.54, 1.807) is 6.07 Å². The summed E-state index contributed by atoms with van der Waals surface area (Å²) in [7, 11) is 0. The van der Waals surface area contributed by atoms with Crippen LogP contribution >= 0.6 is 0 Å². The van der Waals surface area contributed by atoms with Gasteiger partial charge in [-0.2, -0.15) is 0 Å². The maximum absolute atomic E-state index is 13.2. The first-order valence-corrected chi connectivity index (χ1v) is 6.95. The Bertz CT molecular complexity index is 573. The highest BCUT2D eigenvalue weighted by atomic mass is 19.2. The summed E-state index contributed by atoms with van der Waals surface area (Å²) in [5.41, 5.74) is 7.12. The molecule has 1 atom stereocenters. The highest BCUT2D eigenvalue weighted by Gasteiger charge is 2.11. The summed E-state index contributed by atoms with van der Waals surface area (Å²) in [4.78, 5) is 0. The highest BCUT2D eigenvalue weighted by molar-refractivity contribution is 5.30. The molecule has 0 radical (unpaired) electrons. The second kappa shape index (κ2) is 6.78. The first-order valence-electron chi connectivity index (χ1n) is 6.95. The van der Waals surface area contributed by atoms with E-state index in [1.165, 1.54) is 22.8 Å². The maximum Gasteiger partial charge on any atom is 0.159 e. The van der Waals surface area contributed by atoms with Crippen LogP contribution in [0.3, 0.4) is 0 Å². The van der Waals surface area contributed by atoms with Crippen LogP contribution in [0.1, 0.15) is 22.3 Å². The van der Waals surface area contributed by atoms with Crippen LogP contribution in [0.15, 0.2) is 36.4 Å². The lowest BCUT2D eigenvalue weighted by Gasteiger charge is -2.17. The summed E-state index contributed by atoms with van der Waals surface area (Å²) in [6.07, 6.45) is 1.28. The number of aryl methyl sites for hydroxylation is 2. The average molecular weight is 290 g/mol. The molecule has 0 saturated heterocycles. The van der Waals surface area contributed by atoms with Crippen molar-refractivity contribution < 1.29 is 8.78 Å². The molecule has 112 valence electrons. The molecular formula is C17H20F2N2. The third kappa shape index (κ3) is 4.09. The normalized spacial score (nSPS) is 12.4. The van der Waals surface area contributed by atoms with Crippen LogP contribution in [0.25, 0.3) is 0 Å². The molecule has 0 aliphatic heterocycles. The Morgan fingerprint density at radius 3 is 2.10 bits per heavy atom. The van der Waals surface area contributed by atoms with Crippen molar-refractivity contribution in [3.8, 4) is 0 Å². The molecule has 2 nitrogen and oxygen atoms in total. The standard InChI is InChI=1S/C17H20F2N2/c1-11-3-4-13(7-12(11)2)8-15(21-20)9-14-5-6-16(18)17(19)10-14/h3-7,10,15,21H,8-9,20H2,1-2H3. The van der Waals surface area contributed by atoms with E-state index in [4.69, 9.17) is 5.84 Å². The fourth-order valence-electron chi connectivity index (χ4n) is 2.36. The fraction of sp³-hybridized carbons (Fsp3) is 0.294. The summed E-state index contributed by atoms with van der Waals surface area (Å²) < 4.78 is 26.2. The molecule has 0 aliphatic carbocycles. The minimum absolute atomic E-state index is 0.0306. The largest absolute Gasteiger partial charge is 0.271 e. The Morgan fingerprint density at radius 2 is 1.52 bits per heavy atom. The number of nitrogens with two attached hydrogens (primary N) is 1. The summed E-state index contributed by atoms with van der Waals surface area (Å²) in [5, 5.41) is 0. The molecule has 21 heavy (non-hydrogen) atoms. The number of nitrogens with one attached hydrogen (secondary N) is 1. The van der Waals surface area contributed by atoms with Crippen molar-refractivity contribution in [2.75, 3.05) is 0 Å². The van der Waals surface area contributed by atoms with Crippen molar-refractivity contribution in [1.29, 1.82) is 0 Å². The molecule has 0 heterocycles. The molecule has 0 saturated carbocycles. The summed E-state index contributed by atoms with van der Waals surface area (Å²) in [5.74, 6) is 3.93.